The van der Waals surface area contributed by atoms with Crippen molar-refractivity contribution in [3.8, 4) is 0 Å². The Hall–Kier alpha value is -1.26. The molecule has 1 unspecified atom stereocenters. The molecule has 1 saturated heterocycles. The zero-order valence-electron chi connectivity index (χ0n) is 10.6. The highest BCUT2D eigenvalue weighted by Gasteiger charge is 2.33. The lowest BCUT2D eigenvalue weighted by atomic mass is 9.99. The summed E-state index contributed by atoms with van der Waals surface area (Å²) in [6.45, 7) is 4.80. The number of nitrogens with zero attached hydrogens (tertiary/aromatic N) is 1. The fourth-order valence-corrected chi connectivity index (χ4v) is 3.31. The Morgan fingerprint density at radius 2 is 2.33 bits per heavy atom. The number of benzene rings is 1. The number of thioether (sulfide) groups is 1. The van der Waals surface area contributed by atoms with E-state index in [1.165, 1.54) is 16.8 Å². The quantitative estimate of drug-likeness (QED) is 0.884. The largest absolute Gasteiger partial charge is 0.370 e. The summed E-state index contributed by atoms with van der Waals surface area (Å²) >= 11 is 1.58. The van der Waals surface area contributed by atoms with Crippen LogP contribution in [0, 0.1) is 12.3 Å². The van der Waals surface area contributed by atoms with E-state index in [0.29, 0.717) is 11.8 Å². The van der Waals surface area contributed by atoms with Crippen molar-refractivity contribution in [3.63, 3.8) is 0 Å². The van der Waals surface area contributed by atoms with Gasteiger partial charge >= 0.3 is 0 Å². The second-order valence-corrected chi connectivity index (χ2v) is 5.49. The molecule has 1 N–H and O–H groups in total. The van der Waals surface area contributed by atoms with E-state index in [0.717, 1.165) is 11.4 Å². The molecule has 0 amide bonds. The first kappa shape index (κ1) is 11.8. The Morgan fingerprint density at radius 3 is 3.11 bits per heavy atom. The van der Waals surface area contributed by atoms with E-state index in [-0.39, 0.29) is 6.10 Å². The molecule has 0 aromatic heterocycles. The van der Waals surface area contributed by atoms with Crippen LogP contribution in [0.15, 0.2) is 30.0 Å². The second kappa shape index (κ2) is 4.44. The molecule has 94 valence electrons. The third-order valence-corrected chi connectivity index (χ3v) is 4.17. The molecule has 1 atom stereocenters. The molecule has 4 heteroatoms. The number of anilines is 1. The molecule has 0 bridgehead atoms. The lowest BCUT2D eigenvalue weighted by Gasteiger charge is -2.31. The molecule has 3 nitrogen and oxygen atoms in total. The summed E-state index contributed by atoms with van der Waals surface area (Å²) < 4.78 is 5.81. The van der Waals surface area contributed by atoms with Crippen molar-refractivity contribution >= 4 is 22.6 Å². The SMILES string of the molecule is CCOC1C=C2CSC(=N)N2c2cc(C)ccc21. The molecule has 1 aromatic carbocycles. The summed E-state index contributed by atoms with van der Waals surface area (Å²) in [7, 11) is 0. The topological polar surface area (TPSA) is 36.3 Å². The Kier molecular flexibility index (Phi) is 2.92. The first-order valence-electron chi connectivity index (χ1n) is 6.15. The van der Waals surface area contributed by atoms with Crippen molar-refractivity contribution in [1.29, 1.82) is 5.41 Å². The lowest BCUT2D eigenvalue weighted by Crippen LogP contribution is -2.27. The van der Waals surface area contributed by atoms with Crippen LogP contribution in [0.3, 0.4) is 0 Å². The summed E-state index contributed by atoms with van der Waals surface area (Å²) in [5.41, 5.74) is 4.68. The predicted octanol–water partition coefficient (Wildman–Crippen LogP) is 3.46. The van der Waals surface area contributed by atoms with E-state index < -0.39 is 0 Å². The maximum atomic E-state index is 8.05. The molecule has 2 heterocycles. The minimum atomic E-state index is 0.0309. The molecule has 18 heavy (non-hydrogen) atoms. The van der Waals surface area contributed by atoms with E-state index >= 15 is 0 Å². The second-order valence-electron chi connectivity index (χ2n) is 4.53. The van der Waals surface area contributed by atoms with Gasteiger partial charge in [-0.05, 0) is 31.6 Å². The van der Waals surface area contributed by atoms with Gasteiger partial charge in [0.2, 0.25) is 0 Å². The van der Waals surface area contributed by atoms with Crippen molar-refractivity contribution in [2.75, 3.05) is 17.3 Å². The van der Waals surface area contributed by atoms with Gasteiger partial charge in [0.1, 0.15) is 6.10 Å². The van der Waals surface area contributed by atoms with Gasteiger partial charge in [0.15, 0.2) is 5.17 Å². The highest BCUT2D eigenvalue weighted by molar-refractivity contribution is 8.14. The van der Waals surface area contributed by atoms with Gasteiger partial charge in [-0.1, -0.05) is 23.9 Å². The number of hydrogen-bond donors (Lipinski definition) is 1. The molecule has 0 aliphatic carbocycles. The van der Waals surface area contributed by atoms with Crippen molar-refractivity contribution in [2.24, 2.45) is 0 Å². The van der Waals surface area contributed by atoms with Crippen molar-refractivity contribution in [2.45, 2.75) is 20.0 Å². The standard InChI is InChI=1S/C14H16N2OS/c1-3-17-13-7-10-8-18-14(15)16(10)12-6-9(2)4-5-11(12)13/h4-7,13,15H,3,8H2,1-2H3. The number of nitrogens with one attached hydrogen (secondary N) is 1. The third kappa shape index (κ3) is 1.76. The van der Waals surface area contributed by atoms with Gasteiger partial charge in [-0.2, -0.15) is 0 Å². The monoisotopic (exact) mass is 260 g/mol. The summed E-state index contributed by atoms with van der Waals surface area (Å²) in [6, 6.07) is 6.37. The van der Waals surface area contributed by atoms with Crippen LogP contribution in [0.2, 0.25) is 0 Å². The van der Waals surface area contributed by atoms with Gasteiger partial charge in [0.25, 0.3) is 0 Å². The van der Waals surface area contributed by atoms with Gasteiger partial charge in [-0.25, -0.2) is 0 Å². The fourth-order valence-electron chi connectivity index (χ4n) is 2.46. The first-order valence-corrected chi connectivity index (χ1v) is 7.13. The number of rotatable bonds is 2. The molecule has 0 radical (unpaired) electrons. The van der Waals surface area contributed by atoms with E-state index in [9.17, 15) is 0 Å². The Morgan fingerprint density at radius 1 is 1.50 bits per heavy atom. The van der Waals surface area contributed by atoms with Crippen molar-refractivity contribution in [1.82, 2.24) is 0 Å². The van der Waals surface area contributed by atoms with Crippen molar-refractivity contribution < 1.29 is 4.74 Å². The number of ether oxygens (including phenoxy) is 1. The van der Waals surface area contributed by atoms with E-state index in [4.69, 9.17) is 10.1 Å². The molecule has 2 aliphatic rings. The highest BCUT2D eigenvalue weighted by atomic mass is 32.2. The summed E-state index contributed by atoms with van der Waals surface area (Å²) in [5.74, 6) is 0.871. The number of hydrogen-bond acceptors (Lipinski definition) is 3. The molecule has 3 rings (SSSR count). The third-order valence-electron chi connectivity index (χ3n) is 3.27. The molecule has 0 spiro atoms. The van der Waals surface area contributed by atoms with E-state index in [1.54, 1.807) is 11.8 Å². The van der Waals surface area contributed by atoms with Gasteiger partial charge < -0.3 is 4.74 Å². The summed E-state index contributed by atoms with van der Waals surface area (Å²) in [5, 5.41) is 8.66. The Bertz CT molecular complexity index is 539. The summed E-state index contributed by atoms with van der Waals surface area (Å²) in [6.07, 6.45) is 2.18. The van der Waals surface area contributed by atoms with Crippen LogP contribution >= 0.6 is 11.8 Å². The summed E-state index contributed by atoms with van der Waals surface area (Å²) in [4.78, 5) is 2.04. The Balaban J connectivity index is 2.13. The van der Waals surface area contributed by atoms with Crippen LogP contribution < -0.4 is 4.90 Å². The number of aryl methyl sites for hydroxylation is 1. The molecular formula is C14H16N2OS. The Labute approximate surface area is 111 Å². The van der Waals surface area contributed by atoms with Crippen LogP contribution in [-0.4, -0.2) is 17.5 Å². The van der Waals surface area contributed by atoms with Gasteiger partial charge in [0.05, 0.1) is 5.69 Å². The van der Waals surface area contributed by atoms with Crippen LogP contribution in [0.4, 0.5) is 5.69 Å². The molecule has 1 fully saturated rings. The minimum Gasteiger partial charge on any atom is -0.370 e. The zero-order valence-corrected chi connectivity index (χ0v) is 11.4. The molecule has 2 aliphatic heterocycles. The highest BCUT2D eigenvalue weighted by Crippen LogP contribution is 2.43. The lowest BCUT2D eigenvalue weighted by molar-refractivity contribution is 0.0956. The molecule has 1 aromatic rings. The van der Waals surface area contributed by atoms with Crippen LogP contribution in [0.1, 0.15) is 24.2 Å². The van der Waals surface area contributed by atoms with E-state index in [2.05, 4.69) is 31.2 Å². The maximum Gasteiger partial charge on any atom is 0.165 e. The van der Waals surface area contributed by atoms with Gasteiger partial charge in [-0.3, -0.25) is 10.3 Å². The molecular weight excluding hydrogens is 244 g/mol. The zero-order chi connectivity index (χ0) is 12.7. The first-order chi connectivity index (χ1) is 8.70. The van der Waals surface area contributed by atoms with Gasteiger partial charge in [-0.15, -0.1) is 0 Å². The van der Waals surface area contributed by atoms with Gasteiger partial charge in [0, 0.05) is 23.6 Å². The van der Waals surface area contributed by atoms with Crippen LogP contribution in [0.25, 0.3) is 0 Å². The number of fused-ring (bicyclic) bond motifs is 3. The number of amidine groups is 1. The predicted molar refractivity (Wildman–Crippen MR) is 76.3 cm³/mol. The van der Waals surface area contributed by atoms with Crippen LogP contribution in [0.5, 0.6) is 0 Å². The van der Waals surface area contributed by atoms with Crippen LogP contribution in [-0.2, 0) is 4.74 Å². The minimum absolute atomic E-state index is 0.0309. The fraction of sp³-hybridized carbons (Fsp3) is 0.357. The molecule has 0 saturated carbocycles. The average Bonchev–Trinajstić information content (AvgIpc) is 2.71. The van der Waals surface area contributed by atoms with E-state index in [1.807, 2.05) is 11.8 Å². The average molecular weight is 260 g/mol. The van der Waals surface area contributed by atoms with Crippen molar-refractivity contribution in [3.05, 3.63) is 41.1 Å². The normalized spacial score (nSPS) is 21.7. The maximum absolute atomic E-state index is 8.05. The smallest absolute Gasteiger partial charge is 0.165 e.